The Morgan fingerprint density at radius 2 is 1.92 bits per heavy atom. The molecule has 1 aromatic heterocycles. The van der Waals surface area contributed by atoms with E-state index < -0.39 is 6.04 Å². The highest BCUT2D eigenvalue weighted by atomic mass is 35.5. The highest BCUT2D eigenvalue weighted by Gasteiger charge is 2.22. The van der Waals surface area contributed by atoms with E-state index >= 15 is 0 Å². The molecule has 1 N–H and O–H groups in total. The summed E-state index contributed by atoms with van der Waals surface area (Å²) in [6, 6.07) is 12.9. The van der Waals surface area contributed by atoms with Gasteiger partial charge in [-0.1, -0.05) is 41.0 Å². The standard InChI is InChI=1S/C19H18ClN3OS/c1-11-6-4-5-7-17(11)22-14-8-9-15(16(20)10-14)18(23-24)19-21-12(2)13(3)25-19/h4-10,18,22H,1-3H3. The van der Waals surface area contributed by atoms with Crippen molar-refractivity contribution in [2.75, 3.05) is 5.32 Å². The quantitative estimate of drug-likeness (QED) is 0.534. The molecule has 0 saturated carbocycles. The van der Waals surface area contributed by atoms with Crippen LogP contribution in [0.5, 0.6) is 0 Å². The SMILES string of the molecule is Cc1ccccc1Nc1ccc(C(N=O)c2nc(C)c(C)s2)c(Cl)c1. The first-order chi connectivity index (χ1) is 12.0. The average molecular weight is 372 g/mol. The number of hydrogen-bond donors (Lipinski definition) is 1. The van der Waals surface area contributed by atoms with Crippen molar-refractivity contribution in [1.29, 1.82) is 0 Å². The molecule has 4 nitrogen and oxygen atoms in total. The number of anilines is 2. The van der Waals surface area contributed by atoms with Gasteiger partial charge in [0.05, 0.1) is 5.69 Å². The molecule has 2 aromatic carbocycles. The van der Waals surface area contributed by atoms with Gasteiger partial charge < -0.3 is 5.32 Å². The number of nitroso groups, excluding NO2 is 1. The Labute approximate surface area is 155 Å². The Bertz CT molecular complexity index is 903. The van der Waals surface area contributed by atoms with Gasteiger partial charge in [-0.3, -0.25) is 0 Å². The second-order valence-corrected chi connectivity index (χ2v) is 7.52. The first-order valence-corrected chi connectivity index (χ1v) is 9.07. The number of hydrogen-bond acceptors (Lipinski definition) is 5. The van der Waals surface area contributed by atoms with Gasteiger partial charge in [-0.05, 0) is 44.5 Å². The van der Waals surface area contributed by atoms with E-state index in [2.05, 4.69) is 15.5 Å². The van der Waals surface area contributed by atoms with E-state index in [0.717, 1.165) is 27.5 Å². The minimum atomic E-state index is -0.683. The van der Waals surface area contributed by atoms with Crippen LogP contribution in [0.3, 0.4) is 0 Å². The molecule has 0 spiro atoms. The summed E-state index contributed by atoms with van der Waals surface area (Å²) < 4.78 is 0. The number of rotatable bonds is 5. The van der Waals surface area contributed by atoms with Gasteiger partial charge in [-0.25, -0.2) is 4.98 Å². The third-order valence-corrected chi connectivity index (χ3v) is 5.56. The zero-order valence-electron chi connectivity index (χ0n) is 14.2. The Morgan fingerprint density at radius 3 is 2.52 bits per heavy atom. The molecule has 0 bridgehead atoms. The summed E-state index contributed by atoms with van der Waals surface area (Å²) in [6.45, 7) is 5.95. The van der Waals surface area contributed by atoms with Crippen LogP contribution in [0.4, 0.5) is 11.4 Å². The first kappa shape index (κ1) is 17.6. The predicted octanol–water partition coefficient (Wildman–Crippen LogP) is 6.32. The minimum absolute atomic E-state index is 0.494. The summed E-state index contributed by atoms with van der Waals surface area (Å²) in [6.07, 6.45) is 0. The Morgan fingerprint density at radius 1 is 1.16 bits per heavy atom. The fourth-order valence-corrected chi connectivity index (χ4v) is 3.80. The van der Waals surface area contributed by atoms with Crippen LogP contribution in [0.2, 0.25) is 5.02 Å². The van der Waals surface area contributed by atoms with E-state index in [1.54, 1.807) is 0 Å². The number of benzene rings is 2. The van der Waals surface area contributed by atoms with Crippen molar-refractivity contribution in [2.24, 2.45) is 5.18 Å². The van der Waals surface area contributed by atoms with Gasteiger partial charge in [0.25, 0.3) is 0 Å². The van der Waals surface area contributed by atoms with Crippen molar-refractivity contribution in [3.8, 4) is 0 Å². The minimum Gasteiger partial charge on any atom is -0.355 e. The first-order valence-electron chi connectivity index (χ1n) is 7.88. The number of nitrogens with zero attached hydrogens (tertiary/aromatic N) is 2. The molecule has 0 amide bonds. The van der Waals surface area contributed by atoms with Gasteiger partial charge >= 0.3 is 0 Å². The Balaban J connectivity index is 1.90. The number of aryl methyl sites for hydroxylation is 3. The van der Waals surface area contributed by atoms with Crippen LogP contribution in [-0.2, 0) is 0 Å². The molecule has 0 aliphatic carbocycles. The van der Waals surface area contributed by atoms with Crippen LogP contribution in [-0.4, -0.2) is 4.98 Å². The molecule has 0 aliphatic heterocycles. The van der Waals surface area contributed by atoms with Crippen LogP contribution < -0.4 is 5.32 Å². The zero-order chi connectivity index (χ0) is 18.0. The molecule has 3 aromatic rings. The highest BCUT2D eigenvalue weighted by molar-refractivity contribution is 7.11. The van der Waals surface area contributed by atoms with Crippen LogP contribution in [0.1, 0.15) is 32.7 Å². The Kier molecular flexibility index (Phi) is 5.16. The van der Waals surface area contributed by atoms with E-state index in [-0.39, 0.29) is 0 Å². The number of nitrogens with one attached hydrogen (secondary N) is 1. The molecule has 0 fully saturated rings. The van der Waals surface area contributed by atoms with Gasteiger partial charge in [-0.15, -0.1) is 16.2 Å². The summed E-state index contributed by atoms with van der Waals surface area (Å²) in [5, 5.41) is 7.78. The van der Waals surface area contributed by atoms with Crippen molar-refractivity contribution in [3.63, 3.8) is 0 Å². The fraction of sp³-hybridized carbons (Fsp3) is 0.211. The molecular formula is C19H18ClN3OS. The van der Waals surface area contributed by atoms with Gasteiger partial charge in [0.1, 0.15) is 5.01 Å². The molecule has 1 unspecified atom stereocenters. The summed E-state index contributed by atoms with van der Waals surface area (Å²) in [5.74, 6) is 0. The third kappa shape index (κ3) is 3.72. The van der Waals surface area contributed by atoms with E-state index in [1.165, 1.54) is 11.3 Å². The smallest absolute Gasteiger partial charge is 0.170 e. The topological polar surface area (TPSA) is 54.4 Å². The van der Waals surface area contributed by atoms with Gasteiger partial charge in [0.2, 0.25) is 0 Å². The maximum absolute atomic E-state index is 11.4. The molecule has 128 valence electrons. The Hall–Kier alpha value is -2.24. The largest absolute Gasteiger partial charge is 0.355 e. The van der Waals surface area contributed by atoms with Crippen LogP contribution >= 0.6 is 22.9 Å². The lowest BCUT2D eigenvalue weighted by Gasteiger charge is -2.13. The maximum atomic E-state index is 11.4. The fourth-order valence-electron chi connectivity index (χ4n) is 2.54. The van der Waals surface area contributed by atoms with Crippen molar-refractivity contribution in [3.05, 3.63) is 79.1 Å². The molecular weight excluding hydrogens is 354 g/mol. The van der Waals surface area contributed by atoms with E-state index in [4.69, 9.17) is 11.6 Å². The van der Waals surface area contributed by atoms with E-state index in [1.807, 2.05) is 63.2 Å². The second kappa shape index (κ2) is 7.33. The number of thiazole rings is 1. The normalized spacial score (nSPS) is 12.0. The van der Waals surface area contributed by atoms with Crippen molar-refractivity contribution in [2.45, 2.75) is 26.8 Å². The number of aromatic nitrogens is 1. The second-order valence-electron chi connectivity index (χ2n) is 5.88. The monoisotopic (exact) mass is 371 g/mol. The van der Waals surface area contributed by atoms with Crippen LogP contribution in [0.15, 0.2) is 47.6 Å². The van der Waals surface area contributed by atoms with Crippen molar-refractivity contribution < 1.29 is 0 Å². The molecule has 0 saturated heterocycles. The molecule has 1 heterocycles. The average Bonchev–Trinajstić information content (AvgIpc) is 2.91. The third-order valence-electron chi connectivity index (χ3n) is 4.10. The van der Waals surface area contributed by atoms with Crippen molar-refractivity contribution in [1.82, 2.24) is 4.98 Å². The lowest BCUT2D eigenvalue weighted by atomic mass is 10.1. The van der Waals surface area contributed by atoms with Gasteiger partial charge in [0, 0.05) is 26.8 Å². The van der Waals surface area contributed by atoms with Crippen molar-refractivity contribution >= 4 is 34.3 Å². The van der Waals surface area contributed by atoms with Crippen LogP contribution in [0, 0.1) is 25.7 Å². The summed E-state index contributed by atoms with van der Waals surface area (Å²) in [5.41, 5.74) is 4.61. The summed E-state index contributed by atoms with van der Waals surface area (Å²) in [7, 11) is 0. The molecule has 25 heavy (non-hydrogen) atoms. The zero-order valence-corrected chi connectivity index (χ0v) is 15.8. The van der Waals surface area contributed by atoms with Gasteiger partial charge in [-0.2, -0.15) is 0 Å². The van der Waals surface area contributed by atoms with E-state index in [0.29, 0.717) is 15.6 Å². The molecule has 0 aliphatic rings. The maximum Gasteiger partial charge on any atom is 0.170 e. The predicted molar refractivity (Wildman–Crippen MR) is 105 cm³/mol. The lowest BCUT2D eigenvalue weighted by molar-refractivity contribution is 0.845. The molecule has 6 heteroatoms. The lowest BCUT2D eigenvalue weighted by Crippen LogP contribution is -1.99. The molecule has 1 atom stereocenters. The highest BCUT2D eigenvalue weighted by Crippen LogP contribution is 2.36. The van der Waals surface area contributed by atoms with E-state index in [9.17, 15) is 4.91 Å². The van der Waals surface area contributed by atoms with Crippen LogP contribution in [0.25, 0.3) is 0 Å². The number of halogens is 1. The van der Waals surface area contributed by atoms with Gasteiger partial charge in [0.15, 0.2) is 6.04 Å². The number of para-hydroxylation sites is 1. The molecule has 3 rings (SSSR count). The molecule has 0 radical (unpaired) electrons. The summed E-state index contributed by atoms with van der Waals surface area (Å²) >= 11 is 7.92. The summed E-state index contributed by atoms with van der Waals surface area (Å²) in [4.78, 5) is 17.0.